The van der Waals surface area contributed by atoms with E-state index in [1.54, 1.807) is 6.92 Å². The molecule has 0 unspecified atom stereocenters. The normalized spacial score (nSPS) is 13.8. The lowest BCUT2D eigenvalue weighted by Crippen LogP contribution is -2.21. The lowest BCUT2D eigenvalue weighted by Gasteiger charge is -2.13. The fourth-order valence-corrected chi connectivity index (χ4v) is 2.46. The quantitative estimate of drug-likeness (QED) is 0.734. The van der Waals surface area contributed by atoms with E-state index < -0.39 is 11.9 Å². The fourth-order valence-electron chi connectivity index (χ4n) is 2.46. The van der Waals surface area contributed by atoms with Gasteiger partial charge in [0.1, 0.15) is 12.3 Å². The number of Topliss-reactive ketones (excluding diaryl/α,β-unsaturated/α-hetero) is 1. The van der Waals surface area contributed by atoms with Gasteiger partial charge in [0, 0.05) is 24.1 Å². The number of rotatable bonds is 6. The smallest absolute Gasteiger partial charge is 0.359 e. The zero-order valence-electron chi connectivity index (χ0n) is 13.8. The van der Waals surface area contributed by atoms with Gasteiger partial charge in [-0.25, -0.2) is 4.79 Å². The van der Waals surface area contributed by atoms with Crippen molar-refractivity contribution in [2.24, 2.45) is 5.92 Å². The minimum Gasteiger partial charge on any atom is -0.464 e. The molecule has 0 spiro atoms. The van der Waals surface area contributed by atoms with Gasteiger partial charge in [-0.1, -0.05) is 13.8 Å². The second-order valence-corrected chi connectivity index (χ2v) is 5.94. The number of hydrogen-bond donors (Lipinski definition) is 0. The molecule has 23 heavy (non-hydrogen) atoms. The second kappa shape index (κ2) is 7.39. The van der Waals surface area contributed by atoms with Crippen LogP contribution >= 0.6 is 0 Å². The van der Waals surface area contributed by atoms with Gasteiger partial charge >= 0.3 is 11.9 Å². The summed E-state index contributed by atoms with van der Waals surface area (Å²) in [4.78, 5) is 35.6. The molecule has 0 saturated carbocycles. The van der Waals surface area contributed by atoms with Gasteiger partial charge in [-0.15, -0.1) is 0 Å². The number of aromatic nitrogens is 2. The van der Waals surface area contributed by atoms with E-state index in [-0.39, 0.29) is 37.0 Å². The third-order valence-electron chi connectivity index (χ3n) is 3.51. The molecule has 0 N–H and O–H groups in total. The minimum atomic E-state index is -0.562. The van der Waals surface area contributed by atoms with E-state index in [1.165, 1.54) is 4.68 Å². The second-order valence-electron chi connectivity index (χ2n) is 5.94. The van der Waals surface area contributed by atoms with E-state index in [9.17, 15) is 14.4 Å². The van der Waals surface area contributed by atoms with Crippen LogP contribution < -0.4 is 0 Å². The highest BCUT2D eigenvalue weighted by Crippen LogP contribution is 2.23. The molecule has 7 heteroatoms. The number of carbonyl (C=O) groups is 3. The maximum absolute atomic E-state index is 12.0. The van der Waals surface area contributed by atoms with Crippen molar-refractivity contribution in [2.75, 3.05) is 13.2 Å². The van der Waals surface area contributed by atoms with E-state index in [1.807, 2.05) is 13.8 Å². The van der Waals surface area contributed by atoms with Gasteiger partial charge < -0.3 is 9.47 Å². The van der Waals surface area contributed by atoms with Crippen molar-refractivity contribution < 1.29 is 23.9 Å². The van der Waals surface area contributed by atoms with E-state index >= 15 is 0 Å². The largest absolute Gasteiger partial charge is 0.464 e. The van der Waals surface area contributed by atoms with Crippen molar-refractivity contribution in [3.8, 4) is 0 Å². The van der Waals surface area contributed by atoms with Crippen molar-refractivity contribution in [1.29, 1.82) is 0 Å². The predicted molar refractivity (Wildman–Crippen MR) is 81.0 cm³/mol. The van der Waals surface area contributed by atoms with Gasteiger partial charge in [0.25, 0.3) is 0 Å². The van der Waals surface area contributed by atoms with Crippen LogP contribution in [0.5, 0.6) is 0 Å². The number of nitrogens with zero attached hydrogens (tertiary/aromatic N) is 2. The Labute approximate surface area is 134 Å². The van der Waals surface area contributed by atoms with Crippen LogP contribution in [0.25, 0.3) is 0 Å². The van der Waals surface area contributed by atoms with E-state index in [2.05, 4.69) is 5.10 Å². The maximum atomic E-state index is 12.0. The summed E-state index contributed by atoms with van der Waals surface area (Å²) >= 11 is 0. The van der Waals surface area contributed by atoms with Crippen LogP contribution in [-0.4, -0.2) is 40.7 Å². The molecular weight excluding hydrogens is 300 g/mol. The van der Waals surface area contributed by atoms with Gasteiger partial charge in [-0.3, -0.25) is 14.3 Å². The van der Waals surface area contributed by atoms with Gasteiger partial charge in [-0.2, -0.15) is 5.10 Å². The Bertz CT molecular complexity index is 618. The molecule has 2 rings (SSSR count). The lowest BCUT2D eigenvalue weighted by molar-refractivity contribution is -0.145. The Morgan fingerprint density at radius 2 is 2.00 bits per heavy atom. The topological polar surface area (TPSA) is 87.5 Å². The highest BCUT2D eigenvalue weighted by molar-refractivity contribution is 5.93. The molecule has 1 aromatic rings. The highest BCUT2D eigenvalue weighted by atomic mass is 16.5. The lowest BCUT2D eigenvalue weighted by atomic mass is 9.94. The SMILES string of the molecule is CCOC(=O)c1nn(CC(=O)OCC(C)C)c2c1CC(=O)CC2. The van der Waals surface area contributed by atoms with Crippen LogP contribution in [0.3, 0.4) is 0 Å². The Morgan fingerprint density at radius 1 is 1.26 bits per heavy atom. The van der Waals surface area contributed by atoms with Crippen LogP contribution in [0.15, 0.2) is 0 Å². The average Bonchev–Trinajstić information content (AvgIpc) is 2.83. The molecule has 0 amide bonds. The Hall–Kier alpha value is -2.18. The van der Waals surface area contributed by atoms with Crippen LogP contribution in [0.4, 0.5) is 0 Å². The summed E-state index contributed by atoms with van der Waals surface area (Å²) in [6.07, 6.45) is 1.02. The maximum Gasteiger partial charge on any atom is 0.359 e. The molecule has 0 aromatic carbocycles. The summed E-state index contributed by atoms with van der Waals surface area (Å²) in [6, 6.07) is 0. The van der Waals surface area contributed by atoms with Crippen molar-refractivity contribution >= 4 is 17.7 Å². The third kappa shape index (κ3) is 4.18. The molecule has 1 heterocycles. The van der Waals surface area contributed by atoms with Gasteiger partial charge in [0.05, 0.1) is 13.2 Å². The van der Waals surface area contributed by atoms with Crippen molar-refractivity contribution in [1.82, 2.24) is 9.78 Å². The molecule has 7 nitrogen and oxygen atoms in total. The van der Waals surface area contributed by atoms with Gasteiger partial charge in [0.15, 0.2) is 5.69 Å². The first-order valence-electron chi connectivity index (χ1n) is 7.85. The van der Waals surface area contributed by atoms with Crippen LogP contribution in [0.2, 0.25) is 0 Å². The molecule has 1 aliphatic rings. The van der Waals surface area contributed by atoms with Crippen molar-refractivity contribution in [3.05, 3.63) is 17.0 Å². The number of fused-ring (bicyclic) bond motifs is 1. The van der Waals surface area contributed by atoms with Crippen LogP contribution in [0.1, 0.15) is 48.9 Å². The standard InChI is InChI=1S/C16H22N2O5/c1-4-22-16(21)15-12-7-11(19)5-6-13(12)18(17-15)8-14(20)23-9-10(2)3/h10H,4-9H2,1-3H3. The Morgan fingerprint density at radius 3 is 2.65 bits per heavy atom. The first-order chi connectivity index (χ1) is 10.9. The van der Waals surface area contributed by atoms with E-state index in [4.69, 9.17) is 9.47 Å². The predicted octanol–water partition coefficient (Wildman–Crippen LogP) is 1.32. The molecule has 0 radical (unpaired) electrons. The number of ether oxygens (including phenoxy) is 2. The molecule has 0 saturated heterocycles. The molecular formula is C16H22N2O5. The highest BCUT2D eigenvalue weighted by Gasteiger charge is 2.29. The summed E-state index contributed by atoms with van der Waals surface area (Å²) in [5, 5.41) is 4.20. The summed E-state index contributed by atoms with van der Waals surface area (Å²) in [5.74, 6) is -0.660. The number of esters is 2. The van der Waals surface area contributed by atoms with Gasteiger partial charge in [-0.05, 0) is 19.3 Å². The Kier molecular flexibility index (Phi) is 5.52. The Balaban J connectivity index is 2.23. The van der Waals surface area contributed by atoms with E-state index in [0.29, 0.717) is 25.0 Å². The molecule has 0 fully saturated rings. The van der Waals surface area contributed by atoms with Crippen LogP contribution in [0, 0.1) is 5.92 Å². The zero-order chi connectivity index (χ0) is 17.0. The average molecular weight is 322 g/mol. The first-order valence-corrected chi connectivity index (χ1v) is 7.85. The van der Waals surface area contributed by atoms with Gasteiger partial charge in [0.2, 0.25) is 0 Å². The van der Waals surface area contributed by atoms with Crippen molar-refractivity contribution in [2.45, 2.75) is 46.6 Å². The molecule has 1 aliphatic carbocycles. The molecule has 0 bridgehead atoms. The minimum absolute atomic E-state index is 0.0602. The molecule has 1 aromatic heterocycles. The summed E-state index contributed by atoms with van der Waals surface area (Å²) in [7, 11) is 0. The molecule has 126 valence electrons. The summed E-state index contributed by atoms with van der Waals surface area (Å²) < 4.78 is 11.6. The number of hydrogen-bond acceptors (Lipinski definition) is 6. The fraction of sp³-hybridized carbons (Fsp3) is 0.625. The first kappa shape index (κ1) is 17.2. The number of ketones is 1. The van der Waals surface area contributed by atoms with Crippen molar-refractivity contribution in [3.63, 3.8) is 0 Å². The zero-order valence-corrected chi connectivity index (χ0v) is 13.8. The molecule has 0 atom stereocenters. The number of carbonyl (C=O) groups excluding carboxylic acids is 3. The third-order valence-corrected chi connectivity index (χ3v) is 3.51. The summed E-state index contributed by atoms with van der Waals surface area (Å²) in [6.45, 7) is 6.11. The molecule has 0 aliphatic heterocycles. The van der Waals surface area contributed by atoms with Crippen LogP contribution in [-0.2, 0) is 38.4 Å². The summed E-state index contributed by atoms with van der Waals surface area (Å²) in [5.41, 5.74) is 1.46. The monoisotopic (exact) mass is 322 g/mol. The van der Waals surface area contributed by atoms with E-state index in [0.717, 1.165) is 5.69 Å².